The predicted octanol–water partition coefficient (Wildman–Crippen LogP) is 3.83. The van der Waals surface area contributed by atoms with Crippen LogP contribution in [0.1, 0.15) is 21.6 Å². The number of aromatic nitrogens is 1. The van der Waals surface area contributed by atoms with Crippen molar-refractivity contribution in [3.63, 3.8) is 0 Å². The van der Waals surface area contributed by atoms with Gasteiger partial charge in [-0.3, -0.25) is 9.59 Å². The van der Waals surface area contributed by atoms with E-state index in [1.807, 2.05) is 43.3 Å². The third kappa shape index (κ3) is 3.94. The number of amides is 1. The number of anilines is 1. The van der Waals surface area contributed by atoms with Gasteiger partial charge >= 0.3 is 0 Å². The van der Waals surface area contributed by atoms with Crippen LogP contribution in [0.4, 0.5) is 5.69 Å². The van der Waals surface area contributed by atoms with Crippen molar-refractivity contribution in [3.8, 4) is 11.3 Å². The molecule has 0 radical (unpaired) electrons. The number of aromatic amines is 1. The number of H-pyrrole nitrogens is 1. The molecule has 0 atom stereocenters. The minimum absolute atomic E-state index is 0.421. The van der Waals surface area contributed by atoms with E-state index in [-0.39, 0.29) is 0 Å². The van der Waals surface area contributed by atoms with Gasteiger partial charge in [0.1, 0.15) is 0 Å². The average molecular weight is 387 g/mol. The van der Waals surface area contributed by atoms with Crippen molar-refractivity contribution in [2.24, 2.45) is 0 Å². The number of hydrogen-bond acceptors (Lipinski definition) is 3. The maximum atomic E-state index is 12.9. The summed E-state index contributed by atoms with van der Waals surface area (Å²) in [4.78, 5) is 32.9. The SMILES string of the molecule is Cc1cccc(N2CCN(C(=O)C(=O)c3cc(-c4ccccc4)[nH]c3C)CC2)c1. The van der Waals surface area contributed by atoms with E-state index in [1.54, 1.807) is 11.0 Å². The van der Waals surface area contributed by atoms with Crippen molar-refractivity contribution in [3.05, 3.63) is 77.5 Å². The number of ketones is 1. The molecule has 0 bridgehead atoms. The first-order valence-electron chi connectivity index (χ1n) is 9.93. The molecule has 29 heavy (non-hydrogen) atoms. The van der Waals surface area contributed by atoms with Gasteiger partial charge in [0, 0.05) is 48.8 Å². The van der Waals surface area contributed by atoms with Gasteiger partial charge in [0.05, 0.1) is 0 Å². The molecule has 1 N–H and O–H groups in total. The van der Waals surface area contributed by atoms with Crippen LogP contribution in [0, 0.1) is 13.8 Å². The van der Waals surface area contributed by atoms with Crippen LogP contribution in [0.2, 0.25) is 0 Å². The number of hydrogen-bond donors (Lipinski definition) is 1. The zero-order valence-electron chi connectivity index (χ0n) is 16.8. The molecule has 0 saturated carbocycles. The van der Waals surface area contributed by atoms with Crippen molar-refractivity contribution in [2.75, 3.05) is 31.1 Å². The van der Waals surface area contributed by atoms with Gasteiger partial charge < -0.3 is 14.8 Å². The van der Waals surface area contributed by atoms with E-state index < -0.39 is 11.7 Å². The molecule has 4 rings (SSSR count). The Hall–Kier alpha value is -3.34. The Morgan fingerprint density at radius 2 is 1.59 bits per heavy atom. The summed E-state index contributed by atoms with van der Waals surface area (Å²) in [5.74, 6) is -0.861. The number of rotatable bonds is 4. The van der Waals surface area contributed by atoms with Crippen molar-refractivity contribution in [1.82, 2.24) is 9.88 Å². The molecule has 2 aromatic carbocycles. The number of carbonyl (C=O) groups is 2. The van der Waals surface area contributed by atoms with Crippen molar-refractivity contribution < 1.29 is 9.59 Å². The summed E-state index contributed by atoms with van der Waals surface area (Å²) in [5.41, 5.74) is 5.40. The van der Waals surface area contributed by atoms with Crippen LogP contribution in [0.15, 0.2) is 60.7 Å². The highest BCUT2D eigenvalue weighted by Gasteiger charge is 2.28. The van der Waals surface area contributed by atoms with E-state index in [9.17, 15) is 9.59 Å². The molecule has 3 aromatic rings. The zero-order valence-corrected chi connectivity index (χ0v) is 16.8. The Labute approximate surface area is 171 Å². The number of aryl methyl sites for hydroxylation is 2. The first kappa shape index (κ1) is 19.0. The summed E-state index contributed by atoms with van der Waals surface area (Å²) in [6, 6.07) is 19.9. The van der Waals surface area contributed by atoms with Gasteiger partial charge in [-0.25, -0.2) is 0 Å². The molecular weight excluding hydrogens is 362 g/mol. The lowest BCUT2D eigenvalue weighted by molar-refractivity contribution is -0.126. The standard InChI is InChI=1S/C24H25N3O2/c1-17-7-6-10-20(15-17)26-11-13-27(14-12-26)24(29)23(28)21-16-22(25-18(21)2)19-8-4-3-5-9-19/h3-10,15-16,25H,11-14H2,1-2H3. The van der Waals surface area contributed by atoms with E-state index in [1.165, 1.54) is 5.56 Å². The minimum Gasteiger partial charge on any atom is -0.368 e. The van der Waals surface area contributed by atoms with Gasteiger partial charge in [-0.1, -0.05) is 42.5 Å². The Kier molecular flexibility index (Phi) is 5.21. The fourth-order valence-electron chi connectivity index (χ4n) is 3.82. The van der Waals surface area contributed by atoms with Gasteiger partial charge in [0.2, 0.25) is 0 Å². The van der Waals surface area contributed by atoms with Crippen LogP contribution in [0.25, 0.3) is 11.3 Å². The maximum Gasteiger partial charge on any atom is 0.295 e. The number of Topliss-reactive ketones (excluding diaryl/α,β-unsaturated/α-hetero) is 1. The highest BCUT2D eigenvalue weighted by atomic mass is 16.2. The fraction of sp³-hybridized carbons (Fsp3) is 0.250. The quantitative estimate of drug-likeness (QED) is 0.547. The van der Waals surface area contributed by atoms with E-state index in [4.69, 9.17) is 0 Å². The molecule has 0 spiro atoms. The summed E-state index contributed by atoms with van der Waals surface area (Å²) in [7, 11) is 0. The van der Waals surface area contributed by atoms with Crippen LogP contribution in [0.3, 0.4) is 0 Å². The fourth-order valence-corrected chi connectivity index (χ4v) is 3.82. The van der Waals surface area contributed by atoms with Crippen LogP contribution >= 0.6 is 0 Å². The molecule has 1 aliphatic rings. The Morgan fingerprint density at radius 1 is 0.862 bits per heavy atom. The summed E-state index contributed by atoms with van der Waals surface area (Å²) in [6.45, 7) is 6.46. The Balaban J connectivity index is 1.44. The maximum absolute atomic E-state index is 12.9. The number of nitrogens with zero attached hydrogens (tertiary/aromatic N) is 2. The summed E-state index contributed by atoms with van der Waals surface area (Å²) in [5, 5.41) is 0. The second-order valence-electron chi connectivity index (χ2n) is 7.54. The number of nitrogens with one attached hydrogen (secondary N) is 1. The zero-order chi connectivity index (χ0) is 20.4. The third-order valence-corrected chi connectivity index (χ3v) is 5.47. The summed E-state index contributed by atoms with van der Waals surface area (Å²) >= 11 is 0. The van der Waals surface area contributed by atoms with Crippen LogP contribution in [-0.2, 0) is 4.79 Å². The summed E-state index contributed by atoms with van der Waals surface area (Å²) < 4.78 is 0. The average Bonchev–Trinajstić information content (AvgIpc) is 3.15. The molecule has 5 nitrogen and oxygen atoms in total. The first-order chi connectivity index (χ1) is 14.0. The highest BCUT2D eigenvalue weighted by molar-refractivity contribution is 6.43. The van der Waals surface area contributed by atoms with Crippen molar-refractivity contribution >= 4 is 17.4 Å². The molecule has 1 saturated heterocycles. The molecule has 1 aliphatic heterocycles. The first-order valence-corrected chi connectivity index (χ1v) is 9.93. The Bertz CT molecular complexity index is 1030. The molecule has 0 aliphatic carbocycles. The van der Waals surface area contributed by atoms with Gasteiger partial charge in [-0.2, -0.15) is 0 Å². The van der Waals surface area contributed by atoms with Gasteiger partial charge in [-0.05, 0) is 43.2 Å². The molecule has 0 unspecified atom stereocenters. The highest BCUT2D eigenvalue weighted by Crippen LogP contribution is 2.23. The van der Waals surface area contributed by atoms with E-state index >= 15 is 0 Å². The number of benzene rings is 2. The van der Waals surface area contributed by atoms with Crippen molar-refractivity contribution in [2.45, 2.75) is 13.8 Å². The molecule has 1 amide bonds. The van der Waals surface area contributed by atoms with Gasteiger partial charge in [0.25, 0.3) is 11.7 Å². The molecule has 2 heterocycles. The molecule has 5 heteroatoms. The minimum atomic E-state index is -0.440. The predicted molar refractivity (Wildman–Crippen MR) is 115 cm³/mol. The molecular formula is C24H25N3O2. The number of carbonyl (C=O) groups excluding carboxylic acids is 2. The van der Waals surface area contributed by atoms with Crippen LogP contribution in [-0.4, -0.2) is 47.8 Å². The van der Waals surface area contributed by atoms with E-state index in [0.29, 0.717) is 18.7 Å². The monoisotopic (exact) mass is 387 g/mol. The number of piperazine rings is 1. The topological polar surface area (TPSA) is 56.4 Å². The molecule has 148 valence electrons. The normalized spacial score (nSPS) is 14.1. The van der Waals surface area contributed by atoms with E-state index in [2.05, 4.69) is 35.0 Å². The third-order valence-electron chi connectivity index (χ3n) is 5.47. The smallest absolute Gasteiger partial charge is 0.295 e. The van der Waals surface area contributed by atoms with Crippen LogP contribution < -0.4 is 4.90 Å². The molecule has 1 aromatic heterocycles. The lowest BCUT2D eigenvalue weighted by Crippen LogP contribution is -2.50. The van der Waals surface area contributed by atoms with Crippen molar-refractivity contribution in [1.29, 1.82) is 0 Å². The largest absolute Gasteiger partial charge is 0.368 e. The molecule has 1 fully saturated rings. The van der Waals surface area contributed by atoms with Gasteiger partial charge in [-0.15, -0.1) is 0 Å². The lowest BCUT2D eigenvalue weighted by Gasteiger charge is -2.35. The summed E-state index contributed by atoms with van der Waals surface area (Å²) in [6.07, 6.45) is 0. The lowest BCUT2D eigenvalue weighted by atomic mass is 10.1. The second kappa shape index (κ2) is 7.95. The van der Waals surface area contributed by atoms with Crippen LogP contribution in [0.5, 0.6) is 0 Å². The van der Waals surface area contributed by atoms with E-state index in [0.717, 1.165) is 35.7 Å². The second-order valence-corrected chi connectivity index (χ2v) is 7.54. The van der Waals surface area contributed by atoms with Gasteiger partial charge in [0.15, 0.2) is 0 Å². The Morgan fingerprint density at radius 3 is 2.28 bits per heavy atom.